The number of hydrogen-bond acceptors (Lipinski definition) is 2. The van der Waals surface area contributed by atoms with Crippen molar-refractivity contribution in [3.63, 3.8) is 0 Å². The average Bonchev–Trinajstić information content (AvgIpc) is 2.37. The van der Waals surface area contributed by atoms with Crippen LogP contribution in [0.4, 0.5) is 5.69 Å². The maximum atomic E-state index is 6.31. The summed E-state index contributed by atoms with van der Waals surface area (Å²) in [7, 11) is 0. The number of benzene rings is 1. The predicted octanol–water partition coefficient (Wildman–Crippen LogP) is 4.61. The van der Waals surface area contributed by atoms with E-state index < -0.39 is 0 Å². The summed E-state index contributed by atoms with van der Waals surface area (Å²) < 4.78 is 0. The van der Waals surface area contributed by atoms with E-state index >= 15 is 0 Å². The van der Waals surface area contributed by atoms with Gasteiger partial charge in [-0.1, -0.05) is 39.8 Å². The third-order valence-corrected chi connectivity index (χ3v) is 4.16. The summed E-state index contributed by atoms with van der Waals surface area (Å²) >= 11 is 0. The molecule has 0 aliphatic rings. The van der Waals surface area contributed by atoms with Crippen LogP contribution in [0.2, 0.25) is 0 Å². The monoisotopic (exact) mass is 290 g/mol. The lowest BCUT2D eigenvalue weighted by Crippen LogP contribution is -2.56. The molecule has 0 atom stereocenters. The Balaban J connectivity index is 3.24. The number of hydrogen-bond donors (Lipinski definition) is 1. The normalized spacial score (nSPS) is 12.2. The highest BCUT2D eigenvalue weighted by molar-refractivity contribution is 5.51. The van der Waals surface area contributed by atoms with E-state index in [1.807, 2.05) is 0 Å². The molecule has 1 rings (SSSR count). The first-order valence-corrected chi connectivity index (χ1v) is 8.39. The van der Waals surface area contributed by atoms with Crippen molar-refractivity contribution in [1.82, 2.24) is 0 Å². The molecular formula is C19H34N2. The number of nitrogens with two attached hydrogens (primary N) is 1. The Morgan fingerprint density at radius 2 is 1.67 bits per heavy atom. The van der Waals surface area contributed by atoms with Crippen molar-refractivity contribution in [3.8, 4) is 0 Å². The summed E-state index contributed by atoms with van der Waals surface area (Å²) in [5.41, 5.74) is 9.00. The highest BCUT2D eigenvalue weighted by atomic mass is 15.2. The van der Waals surface area contributed by atoms with Crippen LogP contribution in [0.3, 0.4) is 0 Å². The third-order valence-electron chi connectivity index (χ3n) is 4.16. The largest absolute Gasteiger partial charge is 0.365 e. The Labute approximate surface area is 131 Å². The molecule has 1 aromatic rings. The third kappa shape index (κ3) is 4.74. The molecule has 1 aromatic carbocycles. The summed E-state index contributed by atoms with van der Waals surface area (Å²) in [6.07, 6.45) is 2.28. The predicted molar refractivity (Wildman–Crippen MR) is 94.9 cm³/mol. The Morgan fingerprint density at radius 1 is 1.10 bits per heavy atom. The van der Waals surface area contributed by atoms with Gasteiger partial charge in [0.1, 0.15) is 0 Å². The molecule has 120 valence electrons. The standard InChI is InChI=1S/C19H34N2/c1-7-21(18-10-8-9-17(6)11-18)19(14-20,12-15(2)3)13-16(4)5/h8-11,15-16H,7,12-14,20H2,1-6H3. The van der Waals surface area contributed by atoms with Crippen LogP contribution in [0.15, 0.2) is 24.3 Å². The van der Waals surface area contributed by atoms with E-state index in [-0.39, 0.29) is 5.54 Å². The first kappa shape index (κ1) is 18.0. The van der Waals surface area contributed by atoms with Gasteiger partial charge in [0.05, 0.1) is 5.54 Å². The summed E-state index contributed by atoms with van der Waals surface area (Å²) in [6, 6.07) is 8.82. The van der Waals surface area contributed by atoms with E-state index in [0.29, 0.717) is 18.4 Å². The Hall–Kier alpha value is -1.02. The van der Waals surface area contributed by atoms with Crippen LogP contribution < -0.4 is 10.6 Å². The molecule has 0 heterocycles. The molecule has 0 saturated heterocycles. The van der Waals surface area contributed by atoms with Crippen LogP contribution in [0.5, 0.6) is 0 Å². The molecule has 0 aromatic heterocycles. The number of nitrogens with zero attached hydrogens (tertiary/aromatic N) is 1. The molecule has 0 radical (unpaired) electrons. The zero-order valence-electron chi connectivity index (χ0n) is 14.8. The second-order valence-corrected chi connectivity index (χ2v) is 7.21. The fourth-order valence-corrected chi connectivity index (χ4v) is 3.69. The van der Waals surface area contributed by atoms with Crippen molar-refractivity contribution >= 4 is 5.69 Å². The molecule has 0 aliphatic heterocycles. The topological polar surface area (TPSA) is 29.3 Å². The second-order valence-electron chi connectivity index (χ2n) is 7.21. The van der Waals surface area contributed by atoms with Gasteiger partial charge in [-0.2, -0.15) is 0 Å². The molecule has 2 N–H and O–H groups in total. The van der Waals surface area contributed by atoms with Crippen molar-refractivity contribution in [2.75, 3.05) is 18.0 Å². The molecular weight excluding hydrogens is 256 g/mol. The molecule has 0 unspecified atom stereocenters. The molecule has 0 aliphatic carbocycles. The van der Waals surface area contributed by atoms with Crippen LogP contribution in [0.1, 0.15) is 53.0 Å². The second kappa shape index (κ2) is 7.84. The van der Waals surface area contributed by atoms with E-state index in [1.165, 1.54) is 11.3 Å². The van der Waals surface area contributed by atoms with Crippen molar-refractivity contribution in [2.45, 2.75) is 59.9 Å². The molecule has 0 fully saturated rings. The van der Waals surface area contributed by atoms with E-state index in [1.54, 1.807) is 0 Å². The first-order valence-electron chi connectivity index (χ1n) is 8.39. The number of anilines is 1. The summed E-state index contributed by atoms with van der Waals surface area (Å²) in [6.45, 7) is 15.3. The van der Waals surface area contributed by atoms with Gasteiger partial charge in [0.25, 0.3) is 0 Å². The van der Waals surface area contributed by atoms with Gasteiger partial charge in [0, 0.05) is 18.8 Å². The van der Waals surface area contributed by atoms with E-state index in [2.05, 4.69) is 70.7 Å². The smallest absolute Gasteiger partial charge is 0.0528 e. The maximum absolute atomic E-state index is 6.31. The Morgan fingerprint density at radius 3 is 2.05 bits per heavy atom. The fourth-order valence-electron chi connectivity index (χ4n) is 3.69. The maximum Gasteiger partial charge on any atom is 0.0528 e. The van der Waals surface area contributed by atoms with Gasteiger partial charge in [-0.25, -0.2) is 0 Å². The molecule has 0 spiro atoms. The van der Waals surface area contributed by atoms with E-state index in [4.69, 9.17) is 5.73 Å². The van der Waals surface area contributed by atoms with Crippen LogP contribution >= 0.6 is 0 Å². The highest BCUT2D eigenvalue weighted by Gasteiger charge is 2.36. The van der Waals surface area contributed by atoms with Gasteiger partial charge in [-0.3, -0.25) is 0 Å². The van der Waals surface area contributed by atoms with Crippen molar-refractivity contribution < 1.29 is 0 Å². The zero-order chi connectivity index (χ0) is 16.0. The highest BCUT2D eigenvalue weighted by Crippen LogP contribution is 2.34. The van der Waals surface area contributed by atoms with Gasteiger partial charge >= 0.3 is 0 Å². The fraction of sp³-hybridized carbons (Fsp3) is 0.684. The van der Waals surface area contributed by atoms with Crippen LogP contribution in [-0.2, 0) is 0 Å². The lowest BCUT2D eigenvalue weighted by atomic mass is 9.80. The van der Waals surface area contributed by atoms with E-state index in [9.17, 15) is 0 Å². The summed E-state index contributed by atoms with van der Waals surface area (Å²) in [5.74, 6) is 1.29. The van der Waals surface area contributed by atoms with Crippen molar-refractivity contribution in [1.29, 1.82) is 0 Å². The molecule has 0 amide bonds. The number of likely N-dealkylation sites (N-methyl/N-ethyl adjacent to an activating group) is 1. The van der Waals surface area contributed by atoms with Gasteiger partial charge in [0.15, 0.2) is 0 Å². The lowest BCUT2D eigenvalue weighted by molar-refractivity contribution is 0.272. The van der Waals surface area contributed by atoms with Gasteiger partial charge in [-0.05, 0) is 56.2 Å². The van der Waals surface area contributed by atoms with E-state index in [0.717, 1.165) is 19.4 Å². The van der Waals surface area contributed by atoms with Crippen molar-refractivity contribution in [3.05, 3.63) is 29.8 Å². The number of rotatable bonds is 8. The number of aryl methyl sites for hydroxylation is 1. The summed E-state index contributed by atoms with van der Waals surface area (Å²) in [4.78, 5) is 2.54. The Kier molecular flexibility index (Phi) is 6.73. The lowest BCUT2D eigenvalue weighted by Gasteiger charge is -2.47. The van der Waals surface area contributed by atoms with Crippen LogP contribution in [0, 0.1) is 18.8 Å². The minimum atomic E-state index is 0.0604. The minimum absolute atomic E-state index is 0.0604. The molecule has 2 nitrogen and oxygen atoms in total. The van der Waals surface area contributed by atoms with Gasteiger partial charge in [0.2, 0.25) is 0 Å². The van der Waals surface area contributed by atoms with Crippen LogP contribution in [-0.4, -0.2) is 18.6 Å². The quantitative estimate of drug-likeness (QED) is 0.757. The van der Waals surface area contributed by atoms with Crippen LogP contribution in [0.25, 0.3) is 0 Å². The van der Waals surface area contributed by atoms with Gasteiger partial charge in [-0.15, -0.1) is 0 Å². The van der Waals surface area contributed by atoms with Gasteiger partial charge < -0.3 is 10.6 Å². The average molecular weight is 290 g/mol. The molecule has 2 heteroatoms. The minimum Gasteiger partial charge on any atom is -0.365 e. The summed E-state index contributed by atoms with van der Waals surface area (Å²) in [5, 5.41) is 0. The zero-order valence-corrected chi connectivity index (χ0v) is 14.8. The molecule has 0 bridgehead atoms. The SMILES string of the molecule is CCN(c1cccc(C)c1)C(CN)(CC(C)C)CC(C)C. The Bertz CT molecular complexity index is 413. The molecule has 0 saturated carbocycles. The van der Waals surface area contributed by atoms with Crippen molar-refractivity contribution in [2.24, 2.45) is 17.6 Å². The molecule has 21 heavy (non-hydrogen) atoms. The first-order chi connectivity index (χ1) is 9.84.